The van der Waals surface area contributed by atoms with Crippen molar-refractivity contribution < 1.29 is 14.2 Å². The fourth-order valence-electron chi connectivity index (χ4n) is 3.05. The van der Waals surface area contributed by atoms with Gasteiger partial charge in [0.05, 0.1) is 13.2 Å². The maximum absolute atomic E-state index is 6.28. The molecule has 0 aliphatic carbocycles. The molecule has 3 rings (SSSR count). The van der Waals surface area contributed by atoms with Gasteiger partial charge >= 0.3 is 0 Å². The first-order valence-electron chi connectivity index (χ1n) is 6.95. The minimum absolute atomic E-state index is 0.112. The summed E-state index contributed by atoms with van der Waals surface area (Å²) >= 11 is 0. The van der Waals surface area contributed by atoms with Crippen molar-refractivity contribution in [3.05, 3.63) is 23.8 Å². The van der Waals surface area contributed by atoms with Crippen molar-refractivity contribution in [1.82, 2.24) is 5.32 Å². The lowest BCUT2D eigenvalue weighted by atomic mass is 9.88. The fourth-order valence-corrected chi connectivity index (χ4v) is 3.05. The maximum Gasteiger partial charge on any atom is 0.129 e. The van der Waals surface area contributed by atoms with Crippen molar-refractivity contribution in [3.8, 4) is 11.5 Å². The van der Waals surface area contributed by atoms with Crippen LogP contribution in [0.2, 0.25) is 0 Å². The van der Waals surface area contributed by atoms with E-state index in [9.17, 15) is 0 Å². The summed E-state index contributed by atoms with van der Waals surface area (Å²) < 4.78 is 17.5. The van der Waals surface area contributed by atoms with Crippen molar-refractivity contribution >= 4 is 0 Å². The van der Waals surface area contributed by atoms with Crippen LogP contribution in [0, 0.1) is 0 Å². The summed E-state index contributed by atoms with van der Waals surface area (Å²) in [4.78, 5) is 0. The number of nitrogens with one attached hydrogen (secondary N) is 1. The van der Waals surface area contributed by atoms with Gasteiger partial charge in [0, 0.05) is 37.6 Å². The summed E-state index contributed by atoms with van der Waals surface area (Å²) in [6.45, 7) is 4.67. The van der Waals surface area contributed by atoms with Crippen LogP contribution in [0.4, 0.5) is 0 Å². The molecule has 0 bridgehead atoms. The lowest BCUT2D eigenvalue weighted by Gasteiger charge is -2.39. The second-order valence-electron chi connectivity index (χ2n) is 5.26. The number of methoxy groups -OCH3 is 1. The average molecular weight is 263 g/mol. The van der Waals surface area contributed by atoms with Crippen LogP contribution < -0.4 is 14.8 Å². The van der Waals surface area contributed by atoms with Gasteiger partial charge in [0.1, 0.15) is 17.1 Å². The Kier molecular flexibility index (Phi) is 3.37. The normalized spacial score (nSPS) is 29.1. The summed E-state index contributed by atoms with van der Waals surface area (Å²) in [7, 11) is 1.68. The summed E-state index contributed by atoms with van der Waals surface area (Å²) in [6.07, 6.45) is 2.08. The van der Waals surface area contributed by atoms with Crippen LogP contribution in [-0.4, -0.2) is 32.4 Å². The molecule has 1 saturated heterocycles. The van der Waals surface area contributed by atoms with E-state index < -0.39 is 0 Å². The van der Waals surface area contributed by atoms with Gasteiger partial charge in [0.25, 0.3) is 0 Å². The molecule has 0 saturated carbocycles. The van der Waals surface area contributed by atoms with Crippen LogP contribution in [0.5, 0.6) is 11.5 Å². The quantitative estimate of drug-likeness (QED) is 0.908. The average Bonchev–Trinajstić information content (AvgIpc) is 2.86. The fraction of sp³-hybridized carbons (Fsp3) is 0.600. The molecule has 19 heavy (non-hydrogen) atoms. The first kappa shape index (κ1) is 12.8. The molecule has 1 aromatic carbocycles. The molecule has 0 amide bonds. The molecule has 4 heteroatoms. The molecule has 1 spiro atoms. The SMILES string of the molecule is CCOC1CC2(CCNC2)Oc2cc(OC)ccc21. The summed E-state index contributed by atoms with van der Waals surface area (Å²) in [5.74, 6) is 1.74. The zero-order valence-corrected chi connectivity index (χ0v) is 11.6. The van der Waals surface area contributed by atoms with Crippen molar-refractivity contribution in [2.75, 3.05) is 26.8 Å². The van der Waals surface area contributed by atoms with E-state index in [4.69, 9.17) is 14.2 Å². The Morgan fingerprint density at radius 1 is 1.47 bits per heavy atom. The van der Waals surface area contributed by atoms with Gasteiger partial charge in [-0.2, -0.15) is 0 Å². The molecular formula is C15H21NO3. The Hall–Kier alpha value is -1.26. The second kappa shape index (κ2) is 5.02. The Balaban J connectivity index is 1.96. The predicted octanol–water partition coefficient (Wildman–Crippen LogP) is 2.29. The smallest absolute Gasteiger partial charge is 0.129 e. The molecule has 2 heterocycles. The largest absolute Gasteiger partial charge is 0.497 e. The topological polar surface area (TPSA) is 39.7 Å². The number of fused-ring (bicyclic) bond motifs is 1. The van der Waals surface area contributed by atoms with Gasteiger partial charge in [-0.25, -0.2) is 0 Å². The van der Waals surface area contributed by atoms with Gasteiger partial charge in [-0.05, 0) is 25.6 Å². The maximum atomic E-state index is 6.28. The summed E-state index contributed by atoms with van der Waals surface area (Å²) in [5.41, 5.74) is 1.03. The van der Waals surface area contributed by atoms with Gasteiger partial charge in [0.15, 0.2) is 0 Å². The van der Waals surface area contributed by atoms with Crippen molar-refractivity contribution in [1.29, 1.82) is 0 Å². The van der Waals surface area contributed by atoms with E-state index in [1.54, 1.807) is 7.11 Å². The molecule has 1 fully saturated rings. The van der Waals surface area contributed by atoms with Gasteiger partial charge < -0.3 is 19.5 Å². The highest BCUT2D eigenvalue weighted by atomic mass is 16.5. The third-order valence-electron chi connectivity index (χ3n) is 4.02. The van der Waals surface area contributed by atoms with Crippen molar-refractivity contribution in [3.63, 3.8) is 0 Å². The highest BCUT2D eigenvalue weighted by Gasteiger charge is 2.43. The first-order chi connectivity index (χ1) is 9.26. The van der Waals surface area contributed by atoms with Crippen LogP contribution in [-0.2, 0) is 4.74 Å². The van der Waals surface area contributed by atoms with E-state index >= 15 is 0 Å². The standard InChI is InChI=1S/C15H21NO3/c1-3-18-14-9-15(6-7-16-10-15)19-13-8-11(17-2)4-5-12(13)14/h4-5,8,14,16H,3,6-7,9-10H2,1-2H3. The van der Waals surface area contributed by atoms with E-state index in [1.807, 2.05) is 19.1 Å². The van der Waals surface area contributed by atoms with E-state index in [2.05, 4.69) is 11.4 Å². The Labute approximate surface area is 114 Å². The Morgan fingerprint density at radius 3 is 3.05 bits per heavy atom. The van der Waals surface area contributed by atoms with Crippen LogP contribution in [0.15, 0.2) is 18.2 Å². The lowest BCUT2D eigenvalue weighted by molar-refractivity contribution is -0.0354. The van der Waals surface area contributed by atoms with Gasteiger partial charge in [-0.3, -0.25) is 0 Å². The zero-order valence-electron chi connectivity index (χ0n) is 11.6. The molecule has 2 aliphatic rings. The number of hydrogen-bond donors (Lipinski definition) is 1. The highest BCUT2D eigenvalue weighted by Crippen LogP contribution is 2.45. The lowest BCUT2D eigenvalue weighted by Crippen LogP contribution is -2.43. The minimum atomic E-state index is -0.112. The van der Waals surface area contributed by atoms with Crippen molar-refractivity contribution in [2.45, 2.75) is 31.5 Å². The molecule has 4 nitrogen and oxygen atoms in total. The van der Waals surface area contributed by atoms with E-state index in [1.165, 1.54) is 0 Å². The van der Waals surface area contributed by atoms with Crippen LogP contribution in [0.1, 0.15) is 31.4 Å². The zero-order chi connectivity index (χ0) is 13.3. The minimum Gasteiger partial charge on any atom is -0.497 e. The Bertz CT molecular complexity index is 455. The summed E-state index contributed by atoms with van der Waals surface area (Å²) in [6, 6.07) is 6.00. The third kappa shape index (κ3) is 2.30. The number of rotatable bonds is 3. The second-order valence-corrected chi connectivity index (χ2v) is 5.26. The van der Waals surface area contributed by atoms with E-state index in [0.29, 0.717) is 0 Å². The van der Waals surface area contributed by atoms with Gasteiger partial charge in [-0.15, -0.1) is 0 Å². The molecule has 104 valence electrons. The molecular weight excluding hydrogens is 242 g/mol. The monoisotopic (exact) mass is 263 g/mol. The summed E-state index contributed by atoms with van der Waals surface area (Å²) in [5, 5.41) is 3.39. The van der Waals surface area contributed by atoms with Gasteiger partial charge in [-0.1, -0.05) is 0 Å². The molecule has 0 aromatic heterocycles. The highest BCUT2D eigenvalue weighted by molar-refractivity contribution is 5.44. The van der Waals surface area contributed by atoms with Crippen molar-refractivity contribution in [2.24, 2.45) is 0 Å². The molecule has 1 N–H and O–H groups in total. The van der Waals surface area contributed by atoms with Crippen LogP contribution in [0.25, 0.3) is 0 Å². The van der Waals surface area contributed by atoms with E-state index in [-0.39, 0.29) is 11.7 Å². The Morgan fingerprint density at radius 2 is 2.37 bits per heavy atom. The van der Waals surface area contributed by atoms with E-state index in [0.717, 1.165) is 49.6 Å². The van der Waals surface area contributed by atoms with Crippen LogP contribution in [0.3, 0.4) is 0 Å². The molecule has 0 radical (unpaired) electrons. The number of benzene rings is 1. The number of ether oxygens (including phenoxy) is 3. The first-order valence-corrected chi connectivity index (χ1v) is 6.95. The number of hydrogen-bond acceptors (Lipinski definition) is 4. The molecule has 2 atom stereocenters. The van der Waals surface area contributed by atoms with Gasteiger partial charge in [0.2, 0.25) is 0 Å². The molecule has 1 aromatic rings. The predicted molar refractivity (Wildman–Crippen MR) is 72.8 cm³/mol. The molecule has 2 aliphatic heterocycles. The third-order valence-corrected chi connectivity index (χ3v) is 4.02. The molecule has 2 unspecified atom stereocenters. The van der Waals surface area contributed by atoms with Crippen LogP contribution >= 0.6 is 0 Å².